The average molecular weight is 579 g/mol. The van der Waals surface area contributed by atoms with E-state index < -0.39 is 6.10 Å². The number of aliphatic hydroxyl groups excluding tert-OH is 1. The first-order chi connectivity index (χ1) is 17.6. The second kappa shape index (κ2) is 15.6. The van der Waals surface area contributed by atoms with Gasteiger partial charge in [0.15, 0.2) is 0 Å². The highest BCUT2D eigenvalue weighted by Crippen LogP contribution is 2.27. The Morgan fingerprint density at radius 2 is 1.53 bits per heavy atom. The molecule has 0 spiro atoms. The summed E-state index contributed by atoms with van der Waals surface area (Å²) in [6.07, 6.45) is 4.59. The Morgan fingerprint density at radius 3 is 2.13 bits per heavy atom. The Hall–Kier alpha value is -2.74. The van der Waals surface area contributed by atoms with Crippen molar-refractivity contribution in [3.05, 3.63) is 89.8 Å². The predicted molar refractivity (Wildman–Crippen MR) is 159 cm³/mol. The standard InChI is InChI=1S/C29H32ClN3O3.2ClH/c1-3-4-5-29-32-28(21-6-12-25(13-7-21)35-20-24(34)18-31-2)19-33(29)23-10-16-27(17-11-23)36-26-14-8-22(30)9-15-26;;/h6-17,19,24,31,34H,3-5,18,20H2,1-2H3;2*1H. The van der Waals surface area contributed by atoms with E-state index in [1.165, 1.54) is 0 Å². The molecule has 4 aromatic rings. The first kappa shape index (κ1) is 31.5. The lowest BCUT2D eigenvalue weighted by molar-refractivity contribution is 0.108. The van der Waals surface area contributed by atoms with Crippen LogP contribution in [0.2, 0.25) is 5.02 Å². The van der Waals surface area contributed by atoms with Crippen LogP contribution in [0, 0.1) is 0 Å². The van der Waals surface area contributed by atoms with Crippen LogP contribution in [0.15, 0.2) is 79.0 Å². The molecule has 0 aliphatic rings. The second-order valence-corrected chi connectivity index (χ2v) is 9.05. The molecule has 0 amide bonds. The van der Waals surface area contributed by atoms with Gasteiger partial charge in [0.1, 0.15) is 35.8 Å². The number of aryl methyl sites for hydroxylation is 1. The van der Waals surface area contributed by atoms with E-state index in [4.69, 9.17) is 26.1 Å². The highest BCUT2D eigenvalue weighted by atomic mass is 35.5. The van der Waals surface area contributed by atoms with Crippen LogP contribution in [-0.2, 0) is 6.42 Å². The molecular formula is C29H34Cl3N3O3. The topological polar surface area (TPSA) is 68.5 Å². The van der Waals surface area contributed by atoms with Crippen LogP contribution in [0.3, 0.4) is 0 Å². The Kier molecular flexibility index (Phi) is 12.9. The maximum absolute atomic E-state index is 9.84. The van der Waals surface area contributed by atoms with Crippen molar-refractivity contribution in [3.8, 4) is 34.2 Å². The number of aromatic nitrogens is 2. The van der Waals surface area contributed by atoms with Gasteiger partial charge in [-0.15, -0.1) is 24.8 Å². The molecule has 0 aliphatic carbocycles. The molecule has 6 nitrogen and oxygen atoms in total. The third-order valence-electron chi connectivity index (χ3n) is 5.73. The maximum Gasteiger partial charge on any atom is 0.127 e. The van der Waals surface area contributed by atoms with E-state index in [-0.39, 0.29) is 31.4 Å². The van der Waals surface area contributed by atoms with E-state index in [0.717, 1.165) is 59.3 Å². The maximum atomic E-state index is 9.84. The molecule has 0 saturated carbocycles. The van der Waals surface area contributed by atoms with Crippen LogP contribution >= 0.6 is 36.4 Å². The Labute approximate surface area is 241 Å². The van der Waals surface area contributed by atoms with Gasteiger partial charge in [-0.3, -0.25) is 0 Å². The van der Waals surface area contributed by atoms with E-state index in [1.54, 1.807) is 7.05 Å². The summed E-state index contributed by atoms with van der Waals surface area (Å²) >= 11 is 5.96. The fourth-order valence-corrected chi connectivity index (χ4v) is 3.94. The summed E-state index contributed by atoms with van der Waals surface area (Å²) in [4.78, 5) is 4.95. The molecule has 1 aromatic heterocycles. The number of halogens is 3. The minimum atomic E-state index is -0.547. The number of nitrogens with zero attached hydrogens (tertiary/aromatic N) is 2. The summed E-state index contributed by atoms with van der Waals surface area (Å²) in [5, 5.41) is 13.5. The summed E-state index contributed by atoms with van der Waals surface area (Å²) in [5.41, 5.74) is 2.95. The van der Waals surface area contributed by atoms with Gasteiger partial charge in [0.05, 0.1) is 5.69 Å². The zero-order valence-corrected chi connectivity index (χ0v) is 23.9. The summed E-state index contributed by atoms with van der Waals surface area (Å²) in [7, 11) is 1.80. The first-order valence-electron chi connectivity index (χ1n) is 12.2. The van der Waals surface area contributed by atoms with Gasteiger partial charge in [-0.05, 0) is 86.3 Å². The Balaban J connectivity index is 0.00000253. The zero-order valence-electron chi connectivity index (χ0n) is 21.5. The zero-order chi connectivity index (χ0) is 25.3. The van der Waals surface area contributed by atoms with Gasteiger partial charge in [0.25, 0.3) is 0 Å². The summed E-state index contributed by atoms with van der Waals surface area (Å²) in [5.74, 6) is 3.24. The normalized spacial score (nSPS) is 11.3. The smallest absolute Gasteiger partial charge is 0.127 e. The molecule has 1 atom stereocenters. The number of unbranched alkanes of at least 4 members (excludes halogenated alkanes) is 1. The van der Waals surface area contributed by atoms with Gasteiger partial charge < -0.3 is 24.5 Å². The van der Waals surface area contributed by atoms with Crippen LogP contribution < -0.4 is 14.8 Å². The molecule has 4 rings (SSSR count). The van der Waals surface area contributed by atoms with E-state index in [2.05, 4.69) is 23.0 Å². The van der Waals surface area contributed by atoms with E-state index >= 15 is 0 Å². The average Bonchev–Trinajstić information content (AvgIpc) is 3.33. The van der Waals surface area contributed by atoms with Crippen molar-refractivity contribution >= 4 is 36.4 Å². The first-order valence-corrected chi connectivity index (χ1v) is 12.6. The molecule has 0 aliphatic heterocycles. The Bertz CT molecular complexity index is 1230. The van der Waals surface area contributed by atoms with E-state index in [9.17, 15) is 5.11 Å². The lowest BCUT2D eigenvalue weighted by Crippen LogP contribution is -2.29. The van der Waals surface area contributed by atoms with Crippen LogP contribution in [0.25, 0.3) is 16.9 Å². The molecule has 0 radical (unpaired) electrons. The lowest BCUT2D eigenvalue weighted by Gasteiger charge is -2.11. The number of hydrogen-bond donors (Lipinski definition) is 2. The number of ether oxygens (including phenoxy) is 2. The quantitative estimate of drug-likeness (QED) is 0.187. The number of likely N-dealkylation sites (N-methyl/N-ethyl adjacent to an activating group) is 1. The van der Waals surface area contributed by atoms with Crippen molar-refractivity contribution in [2.45, 2.75) is 32.3 Å². The van der Waals surface area contributed by atoms with Crippen molar-refractivity contribution in [1.29, 1.82) is 0 Å². The Morgan fingerprint density at radius 1 is 0.921 bits per heavy atom. The van der Waals surface area contributed by atoms with Gasteiger partial charge in [0, 0.05) is 35.4 Å². The molecular weight excluding hydrogens is 545 g/mol. The minimum absolute atomic E-state index is 0. The molecule has 2 N–H and O–H groups in total. The minimum Gasteiger partial charge on any atom is -0.491 e. The number of hydrogen-bond acceptors (Lipinski definition) is 5. The van der Waals surface area contributed by atoms with E-state index in [1.807, 2.05) is 72.8 Å². The van der Waals surface area contributed by atoms with Gasteiger partial charge in [-0.2, -0.15) is 0 Å². The van der Waals surface area contributed by atoms with Crippen LogP contribution in [-0.4, -0.2) is 41.0 Å². The molecule has 0 bridgehead atoms. The van der Waals surface area contributed by atoms with Crippen molar-refractivity contribution in [2.24, 2.45) is 0 Å². The van der Waals surface area contributed by atoms with Gasteiger partial charge in [-0.25, -0.2) is 4.98 Å². The van der Waals surface area contributed by atoms with Crippen molar-refractivity contribution in [3.63, 3.8) is 0 Å². The largest absolute Gasteiger partial charge is 0.491 e. The van der Waals surface area contributed by atoms with Crippen molar-refractivity contribution in [1.82, 2.24) is 14.9 Å². The summed E-state index contributed by atoms with van der Waals surface area (Å²) < 4.78 is 13.8. The third-order valence-corrected chi connectivity index (χ3v) is 5.98. The highest BCUT2D eigenvalue weighted by Gasteiger charge is 2.12. The van der Waals surface area contributed by atoms with Gasteiger partial charge in [0.2, 0.25) is 0 Å². The SMILES string of the molecule is CCCCc1nc(-c2ccc(OCC(O)CNC)cc2)cn1-c1ccc(Oc2ccc(Cl)cc2)cc1.Cl.Cl. The number of rotatable bonds is 12. The van der Waals surface area contributed by atoms with Crippen molar-refractivity contribution in [2.75, 3.05) is 20.2 Å². The number of aliphatic hydroxyl groups is 1. The molecule has 1 heterocycles. The number of benzene rings is 3. The predicted octanol–water partition coefficient (Wildman–Crippen LogP) is 7.13. The molecule has 1 unspecified atom stereocenters. The van der Waals surface area contributed by atoms with E-state index in [0.29, 0.717) is 11.6 Å². The lowest BCUT2D eigenvalue weighted by atomic mass is 10.1. The van der Waals surface area contributed by atoms with Gasteiger partial charge >= 0.3 is 0 Å². The summed E-state index contributed by atoms with van der Waals surface area (Å²) in [6.45, 7) is 2.92. The molecule has 38 heavy (non-hydrogen) atoms. The van der Waals surface area contributed by atoms with Crippen LogP contribution in [0.1, 0.15) is 25.6 Å². The monoisotopic (exact) mass is 577 g/mol. The molecule has 0 fully saturated rings. The molecule has 9 heteroatoms. The third kappa shape index (κ3) is 8.65. The van der Waals surface area contributed by atoms with Crippen LogP contribution in [0.4, 0.5) is 0 Å². The number of nitrogens with one attached hydrogen (secondary N) is 1. The summed E-state index contributed by atoms with van der Waals surface area (Å²) in [6, 6.07) is 23.1. The molecule has 3 aromatic carbocycles. The fraction of sp³-hybridized carbons (Fsp3) is 0.276. The van der Waals surface area contributed by atoms with Gasteiger partial charge in [-0.1, -0.05) is 24.9 Å². The second-order valence-electron chi connectivity index (χ2n) is 8.61. The molecule has 204 valence electrons. The number of imidazole rings is 1. The van der Waals surface area contributed by atoms with Crippen LogP contribution in [0.5, 0.6) is 17.2 Å². The van der Waals surface area contributed by atoms with Crippen molar-refractivity contribution < 1.29 is 14.6 Å². The molecule has 0 saturated heterocycles. The highest BCUT2D eigenvalue weighted by molar-refractivity contribution is 6.30. The fourth-order valence-electron chi connectivity index (χ4n) is 3.81.